The zero-order valence-corrected chi connectivity index (χ0v) is 19.2. The predicted octanol–water partition coefficient (Wildman–Crippen LogP) is 3.23. The predicted molar refractivity (Wildman–Crippen MR) is 137 cm³/mol. The third-order valence-corrected chi connectivity index (χ3v) is 6.41. The van der Waals surface area contributed by atoms with Crippen LogP contribution in [-0.2, 0) is 16.9 Å². The number of benzene rings is 4. The van der Waals surface area contributed by atoms with Gasteiger partial charge in [-0.1, -0.05) is 66.7 Å². The zero-order valence-electron chi connectivity index (χ0n) is 19.2. The van der Waals surface area contributed by atoms with E-state index in [4.69, 9.17) is 11.6 Å². The van der Waals surface area contributed by atoms with Gasteiger partial charge in [0.1, 0.15) is 0 Å². The first-order valence-electron chi connectivity index (χ1n) is 11.3. The van der Waals surface area contributed by atoms with E-state index in [2.05, 4.69) is 10.4 Å². The molecule has 0 spiro atoms. The summed E-state index contributed by atoms with van der Waals surface area (Å²) in [5, 5.41) is 8.44. The molecule has 1 atom stereocenters. The van der Waals surface area contributed by atoms with Gasteiger partial charge >= 0.3 is 6.03 Å². The second-order valence-corrected chi connectivity index (χ2v) is 8.60. The maximum Gasteiger partial charge on any atom is 0.325 e. The number of primary amides is 1. The molecule has 4 aromatic carbocycles. The number of rotatable bonds is 6. The summed E-state index contributed by atoms with van der Waals surface area (Å²) in [6.07, 6.45) is 1.56. The van der Waals surface area contributed by atoms with Gasteiger partial charge in [0.25, 0.3) is 5.91 Å². The van der Waals surface area contributed by atoms with E-state index in [9.17, 15) is 14.4 Å². The maximum absolute atomic E-state index is 14.0. The van der Waals surface area contributed by atoms with Crippen molar-refractivity contribution in [1.82, 2.24) is 10.2 Å². The molecule has 8 heteroatoms. The molecule has 1 saturated heterocycles. The minimum Gasteiger partial charge on any atom is -0.366 e. The fourth-order valence-corrected chi connectivity index (χ4v) is 4.61. The Kier molecular flexibility index (Phi) is 5.69. The molecule has 1 aliphatic rings. The van der Waals surface area contributed by atoms with Crippen LogP contribution in [0.4, 0.5) is 4.79 Å². The average Bonchev–Trinajstić information content (AvgIpc) is 3.15. The number of hydrogen-bond acceptors (Lipinski definition) is 5. The van der Waals surface area contributed by atoms with Gasteiger partial charge in [-0.15, -0.1) is 0 Å². The van der Waals surface area contributed by atoms with Crippen LogP contribution < -0.4 is 16.9 Å². The highest BCUT2D eigenvalue weighted by atomic mass is 16.2. The van der Waals surface area contributed by atoms with Crippen molar-refractivity contribution in [2.75, 3.05) is 0 Å². The minimum atomic E-state index is -1.43. The van der Waals surface area contributed by atoms with Crippen LogP contribution in [0.15, 0.2) is 96.1 Å². The van der Waals surface area contributed by atoms with E-state index in [-0.39, 0.29) is 6.54 Å². The smallest absolute Gasteiger partial charge is 0.325 e. The summed E-state index contributed by atoms with van der Waals surface area (Å²) in [4.78, 5) is 40.0. The lowest BCUT2D eigenvalue weighted by Crippen LogP contribution is -2.45. The zero-order chi connectivity index (χ0) is 25.3. The monoisotopic (exact) mass is 477 g/mol. The summed E-state index contributed by atoms with van der Waals surface area (Å²) in [6, 6.07) is 26.5. The number of nitrogens with one attached hydrogen (secondary N) is 1. The summed E-state index contributed by atoms with van der Waals surface area (Å²) >= 11 is 0. The number of urea groups is 1. The van der Waals surface area contributed by atoms with Gasteiger partial charge in [0, 0.05) is 5.56 Å². The van der Waals surface area contributed by atoms with Crippen molar-refractivity contribution in [3.05, 3.63) is 119 Å². The highest BCUT2D eigenvalue weighted by Crippen LogP contribution is 2.37. The summed E-state index contributed by atoms with van der Waals surface area (Å²) in [6.45, 7) is 0.0871. The van der Waals surface area contributed by atoms with Crippen molar-refractivity contribution in [2.24, 2.45) is 16.7 Å². The number of nitrogens with zero attached hydrogens (tertiary/aromatic N) is 2. The fraction of sp³-hybridized carbons (Fsp3) is 0.0714. The molecular weight excluding hydrogens is 454 g/mol. The Morgan fingerprint density at radius 2 is 1.58 bits per heavy atom. The molecule has 4 aromatic rings. The number of amides is 4. The van der Waals surface area contributed by atoms with E-state index in [0.717, 1.165) is 21.9 Å². The third-order valence-electron chi connectivity index (χ3n) is 6.41. The van der Waals surface area contributed by atoms with Gasteiger partial charge in [-0.25, -0.2) is 4.79 Å². The largest absolute Gasteiger partial charge is 0.366 e. The van der Waals surface area contributed by atoms with Gasteiger partial charge in [0.15, 0.2) is 5.54 Å². The Morgan fingerprint density at radius 1 is 0.889 bits per heavy atom. The van der Waals surface area contributed by atoms with Crippen LogP contribution in [0.2, 0.25) is 0 Å². The first-order valence-corrected chi connectivity index (χ1v) is 11.3. The Labute approximate surface area is 207 Å². The topological polar surface area (TPSA) is 131 Å². The highest BCUT2D eigenvalue weighted by molar-refractivity contribution is 6.09. The minimum absolute atomic E-state index is 0.0871. The third kappa shape index (κ3) is 3.84. The van der Waals surface area contributed by atoms with Gasteiger partial charge < -0.3 is 16.9 Å². The maximum atomic E-state index is 14.0. The number of hydrazone groups is 1. The molecule has 0 aliphatic carbocycles. The van der Waals surface area contributed by atoms with E-state index >= 15 is 0 Å². The molecule has 36 heavy (non-hydrogen) atoms. The van der Waals surface area contributed by atoms with Crippen LogP contribution in [0.25, 0.3) is 10.8 Å². The number of fused-ring (bicyclic) bond motifs is 1. The van der Waals surface area contributed by atoms with Crippen LogP contribution in [0.1, 0.15) is 32.6 Å². The molecule has 8 nitrogen and oxygen atoms in total. The molecule has 0 radical (unpaired) electrons. The summed E-state index contributed by atoms with van der Waals surface area (Å²) in [5.41, 5.74) is 7.05. The van der Waals surface area contributed by atoms with Crippen LogP contribution in [-0.4, -0.2) is 29.0 Å². The Morgan fingerprint density at radius 3 is 2.28 bits per heavy atom. The van der Waals surface area contributed by atoms with Gasteiger partial charge in [0.2, 0.25) is 5.91 Å². The van der Waals surface area contributed by atoms with Crippen molar-refractivity contribution >= 4 is 34.8 Å². The summed E-state index contributed by atoms with van der Waals surface area (Å²) in [5.74, 6) is 4.30. The van der Waals surface area contributed by atoms with Gasteiger partial charge in [-0.05, 0) is 57.3 Å². The Bertz CT molecular complexity index is 1520. The molecule has 1 unspecified atom stereocenters. The van der Waals surface area contributed by atoms with Crippen molar-refractivity contribution in [2.45, 2.75) is 12.1 Å². The standard InChI is InChI=1S/C28H23N5O3/c29-25(34)21-10-12-24(13-11-21)28(23-4-2-1-3-5-23)26(35)33(27(36)32-28)17-19-7-9-20-8-6-18(16-31-30)14-22(20)15-19/h1-16H,17,30H2,(H2,29,34)(H,32,36). The lowest BCUT2D eigenvalue weighted by Gasteiger charge is -2.28. The number of hydrogen-bond donors (Lipinski definition) is 3. The van der Waals surface area contributed by atoms with Crippen molar-refractivity contribution in [3.8, 4) is 0 Å². The van der Waals surface area contributed by atoms with Crippen LogP contribution in [0.5, 0.6) is 0 Å². The second-order valence-electron chi connectivity index (χ2n) is 8.60. The quantitative estimate of drug-likeness (QED) is 0.170. The van der Waals surface area contributed by atoms with Crippen molar-refractivity contribution in [1.29, 1.82) is 0 Å². The number of nitrogens with two attached hydrogens (primary N) is 2. The lowest BCUT2D eigenvalue weighted by atomic mass is 9.82. The molecule has 178 valence electrons. The van der Waals surface area contributed by atoms with E-state index in [0.29, 0.717) is 16.7 Å². The molecular formula is C28H23N5O3. The lowest BCUT2D eigenvalue weighted by molar-refractivity contribution is -0.130. The number of carbonyl (C=O) groups excluding carboxylic acids is 3. The van der Waals surface area contributed by atoms with Crippen LogP contribution in [0, 0.1) is 0 Å². The molecule has 0 bridgehead atoms. The second kappa shape index (κ2) is 8.99. The SMILES string of the molecule is NN=Cc1ccc2ccc(CN3C(=O)NC(c4ccccc4)(c4ccc(C(N)=O)cc4)C3=O)cc2c1. The van der Waals surface area contributed by atoms with E-state index in [1.165, 1.54) is 4.90 Å². The van der Waals surface area contributed by atoms with E-state index in [1.54, 1.807) is 42.6 Å². The number of imide groups is 1. The summed E-state index contributed by atoms with van der Waals surface area (Å²) in [7, 11) is 0. The molecule has 1 fully saturated rings. The first-order chi connectivity index (χ1) is 17.4. The molecule has 0 saturated carbocycles. The van der Waals surface area contributed by atoms with E-state index < -0.39 is 23.4 Å². The van der Waals surface area contributed by atoms with E-state index in [1.807, 2.05) is 54.6 Å². The Hall–Kier alpha value is -4.98. The molecule has 1 aliphatic heterocycles. The molecule has 0 aromatic heterocycles. The summed E-state index contributed by atoms with van der Waals surface area (Å²) < 4.78 is 0. The first kappa shape index (κ1) is 22.8. The van der Waals surface area contributed by atoms with Crippen molar-refractivity contribution in [3.63, 3.8) is 0 Å². The fourth-order valence-electron chi connectivity index (χ4n) is 4.61. The number of carbonyl (C=O) groups is 3. The molecule has 5 rings (SSSR count). The molecule has 1 heterocycles. The Balaban J connectivity index is 1.54. The normalized spacial score (nSPS) is 17.6. The van der Waals surface area contributed by atoms with Gasteiger partial charge in [-0.3, -0.25) is 14.5 Å². The van der Waals surface area contributed by atoms with Gasteiger partial charge in [0.05, 0.1) is 12.8 Å². The van der Waals surface area contributed by atoms with Gasteiger partial charge in [-0.2, -0.15) is 5.10 Å². The molecule has 4 amide bonds. The van der Waals surface area contributed by atoms with Crippen LogP contribution >= 0.6 is 0 Å². The van der Waals surface area contributed by atoms with Crippen LogP contribution in [0.3, 0.4) is 0 Å². The average molecular weight is 478 g/mol. The molecule has 5 N–H and O–H groups in total. The highest BCUT2D eigenvalue weighted by Gasteiger charge is 2.53. The van der Waals surface area contributed by atoms with Crippen molar-refractivity contribution < 1.29 is 14.4 Å².